The van der Waals surface area contributed by atoms with Gasteiger partial charge in [-0.25, -0.2) is 4.79 Å². The molecule has 0 bridgehead atoms. The second-order valence-electron chi connectivity index (χ2n) is 4.14. The van der Waals surface area contributed by atoms with Gasteiger partial charge in [0, 0.05) is 5.02 Å². The summed E-state index contributed by atoms with van der Waals surface area (Å²) >= 11 is 5.86. The zero-order chi connectivity index (χ0) is 14.7. The summed E-state index contributed by atoms with van der Waals surface area (Å²) in [4.78, 5) is 12.1. The largest absolute Gasteiger partial charge is 0.423 e. The first kappa shape index (κ1) is 13.3. The van der Waals surface area contributed by atoms with Crippen LogP contribution in [0.4, 0.5) is 0 Å². The van der Waals surface area contributed by atoms with Crippen molar-refractivity contribution in [1.29, 1.82) is 0 Å². The number of carbonyl (C=O) groups excluding carboxylic acids is 1. The molecule has 0 aliphatic heterocycles. The van der Waals surface area contributed by atoms with Crippen LogP contribution >= 0.6 is 11.6 Å². The Kier molecular flexibility index (Phi) is 3.66. The Hall–Kier alpha value is -2.66. The van der Waals surface area contributed by atoms with E-state index < -0.39 is 5.97 Å². The summed E-state index contributed by atoms with van der Waals surface area (Å²) in [6.45, 7) is 0. The van der Waals surface area contributed by atoms with E-state index in [0.29, 0.717) is 21.9 Å². The lowest BCUT2D eigenvalue weighted by atomic mass is 10.2. The van der Waals surface area contributed by atoms with Crippen LogP contribution in [0.5, 0.6) is 5.75 Å². The van der Waals surface area contributed by atoms with E-state index in [4.69, 9.17) is 20.8 Å². The molecule has 0 fully saturated rings. The first-order chi connectivity index (χ1) is 10.2. The van der Waals surface area contributed by atoms with Crippen molar-refractivity contribution in [3.8, 4) is 17.2 Å². The van der Waals surface area contributed by atoms with E-state index in [2.05, 4.69) is 10.2 Å². The number of hydrogen-bond donors (Lipinski definition) is 0. The molecule has 0 aliphatic carbocycles. The number of ether oxygens (including phenoxy) is 1. The molecule has 0 spiro atoms. The van der Waals surface area contributed by atoms with Gasteiger partial charge in [0.25, 0.3) is 5.89 Å². The van der Waals surface area contributed by atoms with E-state index in [1.54, 1.807) is 48.5 Å². The highest BCUT2D eigenvalue weighted by Crippen LogP contribution is 2.28. The number of aromatic nitrogens is 2. The lowest BCUT2D eigenvalue weighted by molar-refractivity contribution is 0.0735. The number of nitrogens with zero attached hydrogens (tertiary/aromatic N) is 2. The van der Waals surface area contributed by atoms with E-state index in [1.165, 1.54) is 6.39 Å². The Morgan fingerprint density at radius 2 is 2.00 bits per heavy atom. The Balaban J connectivity index is 1.90. The van der Waals surface area contributed by atoms with E-state index in [0.717, 1.165) is 0 Å². The van der Waals surface area contributed by atoms with Gasteiger partial charge in [0.05, 0.1) is 11.1 Å². The van der Waals surface area contributed by atoms with Gasteiger partial charge >= 0.3 is 5.97 Å². The highest BCUT2D eigenvalue weighted by Gasteiger charge is 2.15. The molecule has 104 valence electrons. The predicted octanol–water partition coefficient (Wildman–Crippen LogP) is 3.61. The predicted molar refractivity (Wildman–Crippen MR) is 76.1 cm³/mol. The Morgan fingerprint density at radius 3 is 2.76 bits per heavy atom. The quantitative estimate of drug-likeness (QED) is 0.546. The summed E-state index contributed by atoms with van der Waals surface area (Å²) in [5, 5.41) is 7.89. The van der Waals surface area contributed by atoms with Gasteiger partial charge in [-0.15, -0.1) is 10.2 Å². The molecule has 1 heterocycles. The number of benzene rings is 2. The molecule has 0 radical (unpaired) electrons. The van der Waals surface area contributed by atoms with Crippen LogP contribution in [0.25, 0.3) is 11.5 Å². The van der Waals surface area contributed by atoms with Crippen LogP contribution in [0.1, 0.15) is 10.4 Å². The Bertz CT molecular complexity index is 772. The zero-order valence-corrected chi connectivity index (χ0v) is 11.4. The van der Waals surface area contributed by atoms with Crippen molar-refractivity contribution >= 4 is 17.6 Å². The van der Waals surface area contributed by atoms with Crippen LogP contribution in [-0.2, 0) is 0 Å². The van der Waals surface area contributed by atoms with E-state index >= 15 is 0 Å². The van der Waals surface area contributed by atoms with Crippen molar-refractivity contribution < 1.29 is 13.9 Å². The third-order valence-electron chi connectivity index (χ3n) is 2.74. The lowest BCUT2D eigenvalue weighted by Crippen LogP contribution is -2.09. The molecule has 0 aliphatic rings. The molecule has 0 N–H and O–H groups in total. The molecular formula is C15H9ClN2O3. The molecule has 6 heteroatoms. The SMILES string of the molecule is O=C(Oc1ccccc1-c1nnco1)c1cccc(Cl)c1. The van der Waals surface area contributed by atoms with Crippen molar-refractivity contribution in [3.05, 3.63) is 65.5 Å². The second kappa shape index (κ2) is 5.76. The van der Waals surface area contributed by atoms with E-state index in [9.17, 15) is 4.79 Å². The molecule has 0 saturated heterocycles. The minimum Gasteiger partial charge on any atom is -0.423 e. The molecule has 3 aromatic rings. The zero-order valence-electron chi connectivity index (χ0n) is 10.7. The van der Waals surface area contributed by atoms with E-state index in [-0.39, 0.29) is 5.89 Å². The van der Waals surface area contributed by atoms with Crippen molar-refractivity contribution in [2.24, 2.45) is 0 Å². The topological polar surface area (TPSA) is 65.2 Å². The lowest BCUT2D eigenvalue weighted by Gasteiger charge is -2.07. The number of para-hydroxylation sites is 1. The van der Waals surface area contributed by atoms with Gasteiger partial charge in [-0.2, -0.15) is 0 Å². The van der Waals surface area contributed by atoms with Gasteiger partial charge in [0.2, 0.25) is 6.39 Å². The molecule has 21 heavy (non-hydrogen) atoms. The molecule has 0 atom stereocenters. The molecule has 0 saturated carbocycles. The molecule has 3 rings (SSSR count). The van der Waals surface area contributed by atoms with Crippen LogP contribution < -0.4 is 4.74 Å². The van der Waals surface area contributed by atoms with Gasteiger partial charge in [-0.3, -0.25) is 0 Å². The molecule has 0 unspecified atom stereocenters. The number of halogens is 1. The number of esters is 1. The second-order valence-corrected chi connectivity index (χ2v) is 4.58. The maximum Gasteiger partial charge on any atom is 0.343 e. The maximum absolute atomic E-state index is 12.1. The summed E-state index contributed by atoms with van der Waals surface area (Å²) in [6, 6.07) is 13.5. The maximum atomic E-state index is 12.1. The molecule has 1 aromatic heterocycles. The summed E-state index contributed by atoms with van der Waals surface area (Å²) in [6.07, 6.45) is 1.21. The first-order valence-corrected chi connectivity index (χ1v) is 6.45. The fourth-order valence-corrected chi connectivity index (χ4v) is 1.99. The van der Waals surface area contributed by atoms with Crippen LogP contribution in [-0.4, -0.2) is 16.2 Å². The van der Waals surface area contributed by atoms with Crippen molar-refractivity contribution in [3.63, 3.8) is 0 Å². The molecule has 0 amide bonds. The number of carbonyl (C=O) groups is 1. The van der Waals surface area contributed by atoms with Crippen LogP contribution in [0.2, 0.25) is 5.02 Å². The molecule has 5 nitrogen and oxygen atoms in total. The summed E-state index contributed by atoms with van der Waals surface area (Å²) in [7, 11) is 0. The minimum absolute atomic E-state index is 0.282. The highest BCUT2D eigenvalue weighted by molar-refractivity contribution is 6.30. The van der Waals surface area contributed by atoms with Crippen LogP contribution in [0.15, 0.2) is 59.3 Å². The van der Waals surface area contributed by atoms with Gasteiger partial charge in [-0.1, -0.05) is 29.8 Å². The third-order valence-corrected chi connectivity index (χ3v) is 2.98. The normalized spacial score (nSPS) is 10.3. The van der Waals surface area contributed by atoms with Crippen LogP contribution in [0, 0.1) is 0 Å². The standard InChI is InChI=1S/C15H9ClN2O3/c16-11-5-3-4-10(8-11)15(19)21-13-7-2-1-6-12(13)14-18-17-9-20-14/h1-9H. The van der Waals surface area contributed by atoms with Crippen molar-refractivity contribution in [2.45, 2.75) is 0 Å². The smallest absolute Gasteiger partial charge is 0.343 e. The molecular weight excluding hydrogens is 292 g/mol. The average Bonchev–Trinajstić information content (AvgIpc) is 3.02. The van der Waals surface area contributed by atoms with Gasteiger partial charge in [-0.05, 0) is 30.3 Å². The highest BCUT2D eigenvalue weighted by atomic mass is 35.5. The monoisotopic (exact) mass is 300 g/mol. The Labute approximate surface area is 125 Å². The fraction of sp³-hybridized carbons (Fsp3) is 0. The van der Waals surface area contributed by atoms with Gasteiger partial charge < -0.3 is 9.15 Å². The third kappa shape index (κ3) is 2.93. The fourth-order valence-electron chi connectivity index (χ4n) is 1.80. The summed E-state index contributed by atoms with van der Waals surface area (Å²) in [5.41, 5.74) is 0.910. The average molecular weight is 301 g/mol. The summed E-state index contributed by atoms with van der Waals surface area (Å²) < 4.78 is 10.5. The van der Waals surface area contributed by atoms with Crippen LogP contribution in [0.3, 0.4) is 0 Å². The summed E-state index contributed by atoms with van der Waals surface area (Å²) in [5.74, 6) is 0.112. The first-order valence-electron chi connectivity index (χ1n) is 6.07. The Morgan fingerprint density at radius 1 is 1.14 bits per heavy atom. The van der Waals surface area contributed by atoms with Gasteiger partial charge in [0.15, 0.2) is 0 Å². The van der Waals surface area contributed by atoms with Crippen molar-refractivity contribution in [2.75, 3.05) is 0 Å². The number of rotatable bonds is 3. The number of hydrogen-bond acceptors (Lipinski definition) is 5. The van der Waals surface area contributed by atoms with E-state index in [1.807, 2.05) is 0 Å². The minimum atomic E-state index is -0.510. The van der Waals surface area contributed by atoms with Gasteiger partial charge in [0.1, 0.15) is 5.75 Å². The van der Waals surface area contributed by atoms with Crippen molar-refractivity contribution in [1.82, 2.24) is 10.2 Å². The molecule has 2 aromatic carbocycles.